The van der Waals surface area contributed by atoms with Gasteiger partial charge in [-0.25, -0.2) is 0 Å². The molecule has 0 spiro atoms. The van der Waals surface area contributed by atoms with E-state index in [9.17, 15) is 4.79 Å². The molecule has 5 rings (SSSR count). The average molecular weight is 456 g/mol. The first-order valence-electron chi connectivity index (χ1n) is 9.41. The summed E-state index contributed by atoms with van der Waals surface area (Å²) in [4.78, 5) is 12.5. The molecule has 4 saturated carbocycles. The van der Waals surface area contributed by atoms with Gasteiger partial charge in [-0.1, -0.05) is 27.5 Å². The highest BCUT2D eigenvalue weighted by atomic mass is 79.9. The van der Waals surface area contributed by atoms with E-state index in [1.807, 2.05) is 6.07 Å². The molecule has 1 amide bonds. The van der Waals surface area contributed by atoms with Gasteiger partial charge in [-0.3, -0.25) is 10.1 Å². The maximum atomic E-state index is 12.5. The van der Waals surface area contributed by atoms with Gasteiger partial charge in [0, 0.05) is 10.5 Å². The fourth-order valence-electron chi connectivity index (χ4n) is 5.94. The van der Waals surface area contributed by atoms with E-state index in [4.69, 9.17) is 23.8 Å². The summed E-state index contributed by atoms with van der Waals surface area (Å²) in [6.07, 6.45) is 8.20. The number of hydrogen-bond acceptors (Lipinski definition) is 2. The van der Waals surface area contributed by atoms with Gasteiger partial charge in [0.25, 0.3) is 5.91 Å². The number of amides is 1. The minimum Gasteiger partial charge on any atom is -0.359 e. The Morgan fingerprint density at radius 3 is 2.38 bits per heavy atom. The van der Waals surface area contributed by atoms with Gasteiger partial charge in [-0.15, -0.1) is 0 Å². The predicted molar refractivity (Wildman–Crippen MR) is 112 cm³/mol. The van der Waals surface area contributed by atoms with Crippen LogP contribution in [0.1, 0.15) is 55.8 Å². The van der Waals surface area contributed by atoms with Crippen molar-refractivity contribution in [1.82, 2.24) is 10.6 Å². The normalized spacial score (nSPS) is 33.0. The molecule has 140 valence electrons. The lowest BCUT2D eigenvalue weighted by atomic mass is 9.48. The molecule has 0 heterocycles. The molecule has 3 nitrogen and oxygen atoms in total. The van der Waals surface area contributed by atoms with Gasteiger partial charge in [0.05, 0.1) is 10.6 Å². The van der Waals surface area contributed by atoms with Crippen LogP contribution in [0.15, 0.2) is 22.7 Å². The molecule has 1 aromatic rings. The SMILES string of the molecule is C[C@H](NC(=S)NC(=O)c1cc(Br)ccc1Cl)C12CC3CC(CC(C3)C1)C2. The predicted octanol–water partition coefficient (Wildman–Crippen LogP) is 5.31. The zero-order valence-corrected chi connectivity index (χ0v) is 18.0. The summed E-state index contributed by atoms with van der Waals surface area (Å²) < 4.78 is 0.813. The van der Waals surface area contributed by atoms with E-state index < -0.39 is 0 Å². The molecule has 0 saturated heterocycles. The van der Waals surface area contributed by atoms with Crippen LogP contribution in [0, 0.1) is 23.2 Å². The Bertz CT molecular complexity index is 718. The largest absolute Gasteiger partial charge is 0.359 e. The molecule has 4 fully saturated rings. The van der Waals surface area contributed by atoms with E-state index in [-0.39, 0.29) is 11.9 Å². The van der Waals surface area contributed by atoms with E-state index in [1.165, 1.54) is 38.5 Å². The third-order valence-corrected chi connectivity index (χ3v) is 7.79. The monoisotopic (exact) mass is 454 g/mol. The Morgan fingerprint density at radius 2 is 1.81 bits per heavy atom. The van der Waals surface area contributed by atoms with Crippen molar-refractivity contribution in [3.8, 4) is 0 Å². The van der Waals surface area contributed by atoms with Crippen LogP contribution >= 0.6 is 39.7 Å². The van der Waals surface area contributed by atoms with E-state index in [1.54, 1.807) is 12.1 Å². The average Bonchev–Trinajstić information content (AvgIpc) is 2.55. The van der Waals surface area contributed by atoms with Crippen molar-refractivity contribution >= 4 is 50.8 Å². The van der Waals surface area contributed by atoms with Crippen molar-refractivity contribution in [1.29, 1.82) is 0 Å². The molecular formula is C20H24BrClN2OS. The van der Waals surface area contributed by atoms with E-state index in [0.29, 0.717) is 21.1 Å². The first-order chi connectivity index (χ1) is 12.3. The van der Waals surface area contributed by atoms with Crippen LogP contribution in [0.5, 0.6) is 0 Å². The van der Waals surface area contributed by atoms with E-state index >= 15 is 0 Å². The lowest BCUT2D eigenvalue weighted by Crippen LogP contribution is -2.57. The molecule has 0 aliphatic heterocycles. The van der Waals surface area contributed by atoms with Crippen molar-refractivity contribution < 1.29 is 4.79 Å². The Labute approximate surface area is 173 Å². The molecule has 4 aliphatic carbocycles. The molecule has 2 N–H and O–H groups in total. The van der Waals surface area contributed by atoms with Crippen molar-refractivity contribution in [3.63, 3.8) is 0 Å². The third-order valence-electron chi connectivity index (χ3n) is 6.75. The lowest BCUT2D eigenvalue weighted by Gasteiger charge is -2.59. The minimum atomic E-state index is -0.272. The van der Waals surface area contributed by atoms with E-state index in [2.05, 4.69) is 33.5 Å². The summed E-state index contributed by atoms with van der Waals surface area (Å²) in [6.45, 7) is 2.23. The Kier molecular flexibility index (Phi) is 5.08. The van der Waals surface area contributed by atoms with Crippen LogP contribution in [0.25, 0.3) is 0 Å². The summed E-state index contributed by atoms with van der Waals surface area (Å²) in [6, 6.07) is 5.50. The number of thiocarbonyl (C=S) groups is 1. The van der Waals surface area contributed by atoms with Crippen LogP contribution < -0.4 is 10.6 Å². The number of halogens is 2. The molecule has 6 heteroatoms. The smallest absolute Gasteiger partial charge is 0.258 e. The van der Waals surface area contributed by atoms with E-state index in [0.717, 1.165) is 22.2 Å². The second-order valence-electron chi connectivity index (χ2n) is 8.55. The number of benzene rings is 1. The third kappa shape index (κ3) is 3.55. The summed E-state index contributed by atoms with van der Waals surface area (Å²) in [7, 11) is 0. The second-order valence-corrected chi connectivity index (χ2v) is 10.3. The van der Waals surface area contributed by atoms with Crippen LogP contribution in [0.2, 0.25) is 5.02 Å². The quantitative estimate of drug-likeness (QED) is 0.607. The van der Waals surface area contributed by atoms with Gasteiger partial charge in [0.15, 0.2) is 5.11 Å². The Morgan fingerprint density at radius 1 is 1.23 bits per heavy atom. The molecule has 1 aromatic carbocycles. The maximum absolute atomic E-state index is 12.5. The number of rotatable bonds is 3. The first kappa shape index (κ1) is 18.7. The van der Waals surface area contributed by atoms with Crippen molar-refractivity contribution in [3.05, 3.63) is 33.3 Å². The molecule has 4 bridgehead atoms. The maximum Gasteiger partial charge on any atom is 0.258 e. The topological polar surface area (TPSA) is 41.1 Å². The highest BCUT2D eigenvalue weighted by molar-refractivity contribution is 9.10. The highest BCUT2D eigenvalue weighted by Gasteiger charge is 2.53. The van der Waals surface area contributed by atoms with Gasteiger partial charge in [0.2, 0.25) is 0 Å². The van der Waals surface area contributed by atoms with Gasteiger partial charge < -0.3 is 5.32 Å². The van der Waals surface area contributed by atoms with Crippen molar-refractivity contribution in [2.45, 2.75) is 51.5 Å². The molecule has 0 unspecified atom stereocenters. The van der Waals surface area contributed by atoms with Crippen LogP contribution in [-0.4, -0.2) is 17.1 Å². The van der Waals surface area contributed by atoms with Crippen LogP contribution in [0.4, 0.5) is 0 Å². The number of carbonyl (C=O) groups excluding carboxylic acids is 1. The zero-order chi connectivity index (χ0) is 18.5. The van der Waals surface area contributed by atoms with Crippen LogP contribution in [-0.2, 0) is 0 Å². The number of nitrogens with one attached hydrogen (secondary N) is 2. The zero-order valence-electron chi connectivity index (χ0n) is 14.9. The fraction of sp³-hybridized carbons (Fsp3) is 0.600. The molecule has 1 atom stereocenters. The van der Waals surface area contributed by atoms with Crippen molar-refractivity contribution in [2.24, 2.45) is 23.2 Å². The van der Waals surface area contributed by atoms with Gasteiger partial charge in [-0.05, 0) is 99.0 Å². The summed E-state index contributed by atoms with van der Waals surface area (Å²) in [5.74, 6) is 2.42. The molecular weight excluding hydrogens is 432 g/mol. The van der Waals surface area contributed by atoms with Gasteiger partial charge in [-0.2, -0.15) is 0 Å². The minimum absolute atomic E-state index is 0.272. The summed E-state index contributed by atoms with van der Waals surface area (Å²) >= 11 is 15.0. The standard InChI is InChI=1S/C20H24BrClN2OS/c1-11(20-8-12-4-13(9-20)6-14(5-12)10-20)23-19(26)24-18(25)16-7-15(21)2-3-17(16)22/h2-3,7,11-14H,4-6,8-10H2,1H3,(H2,23,24,25,26)/t11-,12?,13?,14?,20?/m0/s1. The summed E-state index contributed by atoms with van der Waals surface area (Å²) in [5.41, 5.74) is 0.768. The number of hydrogen-bond donors (Lipinski definition) is 2. The highest BCUT2D eigenvalue weighted by Crippen LogP contribution is 2.61. The first-order valence-corrected chi connectivity index (χ1v) is 11.0. The Hall–Kier alpha value is -0.650. The molecule has 26 heavy (non-hydrogen) atoms. The lowest BCUT2D eigenvalue weighted by molar-refractivity contribution is -0.0672. The summed E-state index contributed by atoms with van der Waals surface area (Å²) in [5, 5.41) is 7.04. The van der Waals surface area contributed by atoms with Gasteiger partial charge >= 0.3 is 0 Å². The molecule has 4 aliphatic rings. The van der Waals surface area contributed by atoms with Crippen molar-refractivity contribution in [2.75, 3.05) is 0 Å². The molecule has 0 radical (unpaired) electrons. The second kappa shape index (κ2) is 7.06. The molecule has 0 aromatic heterocycles. The van der Waals surface area contributed by atoms with Gasteiger partial charge in [0.1, 0.15) is 0 Å². The van der Waals surface area contributed by atoms with Crippen LogP contribution in [0.3, 0.4) is 0 Å². The number of carbonyl (C=O) groups is 1. The fourth-order valence-corrected chi connectivity index (χ4v) is 6.77. The Balaban J connectivity index is 1.40.